The monoisotopic (exact) mass is 510 g/mol. The van der Waals surface area contributed by atoms with Gasteiger partial charge in [-0.25, -0.2) is 8.42 Å². The lowest BCUT2D eigenvalue weighted by Crippen LogP contribution is -2.38. The summed E-state index contributed by atoms with van der Waals surface area (Å²) >= 11 is 3.51. The Labute approximate surface area is 194 Å². The largest absolute Gasteiger partial charge is 0.494 e. The van der Waals surface area contributed by atoms with Crippen molar-refractivity contribution in [3.8, 4) is 5.75 Å². The number of likely N-dealkylation sites (N-methyl/N-ethyl adjacent to an activating group) is 1. The van der Waals surface area contributed by atoms with Crippen molar-refractivity contribution in [2.45, 2.75) is 52.4 Å². The number of ether oxygens (including phenoxy) is 1. The normalized spacial score (nSPS) is 11.6. The first-order chi connectivity index (χ1) is 14.7. The van der Waals surface area contributed by atoms with E-state index >= 15 is 0 Å². The van der Waals surface area contributed by atoms with Crippen molar-refractivity contribution in [2.75, 3.05) is 25.0 Å². The van der Waals surface area contributed by atoms with E-state index in [4.69, 9.17) is 4.74 Å². The fourth-order valence-corrected chi connectivity index (χ4v) is 5.44. The van der Waals surface area contributed by atoms with Crippen molar-refractivity contribution in [1.29, 1.82) is 0 Å². The molecule has 0 aliphatic carbocycles. The van der Waals surface area contributed by atoms with Crippen LogP contribution in [0.4, 0.5) is 5.69 Å². The molecule has 0 radical (unpaired) electrons. The Morgan fingerprint density at radius 3 is 2.16 bits per heavy atom. The second-order valence-electron chi connectivity index (χ2n) is 7.15. The van der Waals surface area contributed by atoms with E-state index in [2.05, 4.69) is 21.2 Å². The van der Waals surface area contributed by atoms with Crippen LogP contribution in [0.15, 0.2) is 39.7 Å². The molecule has 170 valence electrons. The van der Waals surface area contributed by atoms with Crippen LogP contribution >= 0.6 is 15.9 Å². The van der Waals surface area contributed by atoms with Crippen LogP contribution in [0.25, 0.3) is 0 Å². The van der Waals surface area contributed by atoms with Crippen LogP contribution in [-0.4, -0.2) is 38.3 Å². The summed E-state index contributed by atoms with van der Waals surface area (Å²) in [5.74, 6) is 0.288. The molecule has 0 saturated carbocycles. The van der Waals surface area contributed by atoms with Crippen LogP contribution < -0.4 is 10.1 Å². The molecule has 0 unspecified atom stereocenters. The lowest BCUT2D eigenvalue weighted by molar-refractivity contribution is -0.116. The molecule has 0 aromatic heterocycles. The van der Waals surface area contributed by atoms with Gasteiger partial charge in [-0.1, -0.05) is 36.7 Å². The summed E-state index contributed by atoms with van der Waals surface area (Å²) in [6, 6.07) is 8.72. The maximum atomic E-state index is 13.2. The van der Waals surface area contributed by atoms with Crippen LogP contribution in [0, 0.1) is 6.92 Å². The number of carbonyl (C=O) groups excluding carboxylic acids is 1. The zero-order valence-corrected chi connectivity index (χ0v) is 21.2. The number of amides is 1. The van der Waals surface area contributed by atoms with Gasteiger partial charge in [-0.05, 0) is 73.7 Å². The van der Waals surface area contributed by atoms with Gasteiger partial charge < -0.3 is 10.1 Å². The summed E-state index contributed by atoms with van der Waals surface area (Å²) in [5, 5.41) is 2.95. The molecular weight excluding hydrogens is 480 g/mol. The van der Waals surface area contributed by atoms with Crippen LogP contribution in [0.3, 0.4) is 0 Å². The third-order valence-electron chi connectivity index (χ3n) is 5.05. The van der Waals surface area contributed by atoms with E-state index in [1.807, 2.05) is 32.9 Å². The van der Waals surface area contributed by atoms with Crippen molar-refractivity contribution < 1.29 is 17.9 Å². The number of sulfonamides is 1. The van der Waals surface area contributed by atoms with E-state index in [0.29, 0.717) is 12.4 Å². The number of anilines is 1. The van der Waals surface area contributed by atoms with Gasteiger partial charge in [0, 0.05) is 16.7 Å². The van der Waals surface area contributed by atoms with E-state index in [0.717, 1.165) is 39.7 Å². The lowest BCUT2D eigenvalue weighted by Gasteiger charge is -2.22. The second-order valence-corrected chi connectivity index (χ2v) is 10.00. The molecule has 31 heavy (non-hydrogen) atoms. The van der Waals surface area contributed by atoms with Gasteiger partial charge in [0.2, 0.25) is 15.9 Å². The average molecular weight is 511 g/mol. The van der Waals surface area contributed by atoms with E-state index in [1.54, 1.807) is 26.0 Å². The maximum Gasteiger partial charge on any atom is 0.243 e. The highest BCUT2D eigenvalue weighted by atomic mass is 79.9. The van der Waals surface area contributed by atoms with E-state index in [1.165, 1.54) is 10.4 Å². The molecule has 0 heterocycles. The molecule has 0 saturated heterocycles. The number of nitrogens with one attached hydrogen (secondary N) is 1. The van der Waals surface area contributed by atoms with Gasteiger partial charge in [-0.3, -0.25) is 4.79 Å². The summed E-state index contributed by atoms with van der Waals surface area (Å²) < 4.78 is 34.0. The van der Waals surface area contributed by atoms with Gasteiger partial charge in [0.25, 0.3) is 0 Å². The number of hydrogen-bond donors (Lipinski definition) is 1. The molecule has 0 aliphatic rings. The van der Waals surface area contributed by atoms with Crippen LogP contribution in [-0.2, 0) is 27.7 Å². The standard InChI is InChI=1S/C23H31BrN2O4S/c1-6-17-13-19(24)14-18(7-2)23(17)25-22(27)15-26(8-3)31(28,29)20-10-11-21(30-9-4)16(5)12-20/h10-14H,6-9,15H2,1-5H3,(H,25,27). The topological polar surface area (TPSA) is 75.7 Å². The van der Waals surface area contributed by atoms with E-state index in [-0.39, 0.29) is 23.9 Å². The highest BCUT2D eigenvalue weighted by molar-refractivity contribution is 9.10. The number of rotatable bonds is 10. The van der Waals surface area contributed by atoms with Gasteiger partial charge >= 0.3 is 0 Å². The molecule has 2 aromatic carbocycles. The van der Waals surface area contributed by atoms with Crippen molar-refractivity contribution in [3.05, 3.63) is 51.5 Å². The first-order valence-electron chi connectivity index (χ1n) is 10.5. The molecule has 1 N–H and O–H groups in total. The smallest absolute Gasteiger partial charge is 0.243 e. The quantitative estimate of drug-likeness (QED) is 0.491. The van der Waals surface area contributed by atoms with Gasteiger partial charge in [-0.15, -0.1) is 0 Å². The number of carbonyl (C=O) groups is 1. The number of nitrogens with zero attached hydrogens (tertiary/aromatic N) is 1. The van der Waals surface area contributed by atoms with Crippen molar-refractivity contribution in [1.82, 2.24) is 4.31 Å². The van der Waals surface area contributed by atoms with E-state index < -0.39 is 10.0 Å². The number of hydrogen-bond acceptors (Lipinski definition) is 4. The predicted molar refractivity (Wildman–Crippen MR) is 128 cm³/mol. The zero-order chi connectivity index (χ0) is 23.2. The fourth-order valence-electron chi connectivity index (χ4n) is 3.40. The zero-order valence-electron chi connectivity index (χ0n) is 18.8. The Bertz CT molecular complexity index is 1010. The van der Waals surface area contributed by atoms with Crippen LogP contribution in [0.5, 0.6) is 5.75 Å². The van der Waals surface area contributed by atoms with Crippen LogP contribution in [0.2, 0.25) is 0 Å². The molecular formula is C23H31BrN2O4S. The molecule has 0 atom stereocenters. The Morgan fingerprint density at radius 2 is 1.68 bits per heavy atom. The van der Waals surface area contributed by atoms with Gasteiger partial charge in [-0.2, -0.15) is 4.31 Å². The predicted octanol–water partition coefficient (Wildman–Crippen LogP) is 4.93. The summed E-state index contributed by atoms with van der Waals surface area (Å²) in [5.41, 5.74) is 3.52. The number of benzene rings is 2. The second kappa shape index (κ2) is 11.1. The molecule has 0 aliphatic heterocycles. The van der Waals surface area contributed by atoms with Gasteiger partial charge in [0.15, 0.2) is 0 Å². The first kappa shape index (κ1) is 25.4. The third-order valence-corrected chi connectivity index (χ3v) is 7.42. The Hall–Kier alpha value is -1.90. The minimum absolute atomic E-state index is 0.148. The Balaban J connectivity index is 2.26. The maximum absolute atomic E-state index is 13.2. The minimum atomic E-state index is -3.82. The van der Waals surface area contributed by atoms with Gasteiger partial charge in [0.1, 0.15) is 5.75 Å². The molecule has 2 rings (SSSR count). The molecule has 2 aromatic rings. The molecule has 0 spiro atoms. The first-order valence-corrected chi connectivity index (χ1v) is 12.8. The summed E-state index contributed by atoms with van der Waals surface area (Å²) in [6.07, 6.45) is 1.51. The molecule has 0 fully saturated rings. The van der Waals surface area contributed by atoms with Crippen molar-refractivity contribution in [3.63, 3.8) is 0 Å². The summed E-state index contributed by atoms with van der Waals surface area (Å²) in [4.78, 5) is 13.0. The average Bonchev–Trinajstić information content (AvgIpc) is 2.74. The SMILES string of the molecule is CCOc1ccc(S(=O)(=O)N(CC)CC(=O)Nc2c(CC)cc(Br)cc2CC)cc1C. The molecule has 0 bridgehead atoms. The molecule has 8 heteroatoms. The lowest BCUT2D eigenvalue weighted by atomic mass is 10.0. The third kappa shape index (κ3) is 6.08. The Kier molecular flexibility index (Phi) is 9.09. The summed E-state index contributed by atoms with van der Waals surface area (Å²) in [6.45, 7) is 9.88. The molecule has 6 nitrogen and oxygen atoms in total. The highest BCUT2D eigenvalue weighted by Gasteiger charge is 2.26. The number of halogens is 1. The van der Waals surface area contributed by atoms with Gasteiger partial charge in [0.05, 0.1) is 18.0 Å². The highest BCUT2D eigenvalue weighted by Crippen LogP contribution is 2.28. The fraction of sp³-hybridized carbons (Fsp3) is 0.435. The van der Waals surface area contributed by atoms with E-state index in [9.17, 15) is 13.2 Å². The van der Waals surface area contributed by atoms with Crippen molar-refractivity contribution in [2.24, 2.45) is 0 Å². The minimum Gasteiger partial charge on any atom is -0.494 e. The van der Waals surface area contributed by atoms with Crippen LogP contribution in [0.1, 0.15) is 44.4 Å². The summed E-state index contributed by atoms with van der Waals surface area (Å²) in [7, 11) is -3.82. The van der Waals surface area contributed by atoms with Crippen molar-refractivity contribution >= 4 is 37.5 Å². The number of aryl methyl sites for hydroxylation is 3. The molecule has 1 amide bonds. The Morgan fingerprint density at radius 1 is 1.06 bits per heavy atom.